The van der Waals surface area contributed by atoms with Gasteiger partial charge in [-0.2, -0.15) is 0 Å². The Morgan fingerprint density at radius 3 is 2.52 bits per heavy atom. The SMILES string of the molecule is Fc1ccc(C2(CCCSc3ncn(-c4ccccc4)n3)OCCO2)cc1. The summed E-state index contributed by atoms with van der Waals surface area (Å²) in [5.74, 6) is -0.193. The molecule has 0 N–H and O–H groups in total. The zero-order chi connectivity index (χ0) is 18.5. The predicted molar refractivity (Wildman–Crippen MR) is 101 cm³/mol. The second-order valence-electron chi connectivity index (χ2n) is 6.22. The van der Waals surface area contributed by atoms with Crippen molar-refractivity contribution in [2.45, 2.75) is 23.8 Å². The summed E-state index contributed by atoms with van der Waals surface area (Å²) in [4.78, 5) is 4.36. The summed E-state index contributed by atoms with van der Waals surface area (Å²) < 4.78 is 26.8. The molecule has 2 heterocycles. The van der Waals surface area contributed by atoms with Gasteiger partial charge in [-0.1, -0.05) is 42.1 Å². The Labute approximate surface area is 161 Å². The first-order chi connectivity index (χ1) is 13.3. The Morgan fingerprint density at radius 2 is 1.78 bits per heavy atom. The number of halogens is 1. The minimum atomic E-state index is -0.773. The van der Waals surface area contributed by atoms with E-state index < -0.39 is 5.79 Å². The second-order valence-corrected chi connectivity index (χ2v) is 7.28. The monoisotopic (exact) mass is 385 g/mol. The molecule has 2 aromatic carbocycles. The molecule has 5 nitrogen and oxygen atoms in total. The van der Waals surface area contributed by atoms with Gasteiger partial charge in [0.1, 0.15) is 12.1 Å². The Kier molecular flexibility index (Phi) is 5.52. The van der Waals surface area contributed by atoms with Gasteiger partial charge < -0.3 is 9.47 Å². The molecular formula is C20H20FN3O2S. The van der Waals surface area contributed by atoms with E-state index in [0.717, 1.165) is 28.6 Å². The van der Waals surface area contributed by atoms with E-state index in [4.69, 9.17) is 9.47 Å². The molecule has 4 rings (SSSR count). The highest BCUT2D eigenvalue weighted by atomic mass is 32.2. The summed E-state index contributed by atoms with van der Waals surface area (Å²) in [5.41, 5.74) is 1.85. The molecule has 1 aliphatic heterocycles. The van der Waals surface area contributed by atoms with E-state index in [1.807, 2.05) is 30.3 Å². The fourth-order valence-electron chi connectivity index (χ4n) is 3.10. The first-order valence-corrected chi connectivity index (χ1v) is 9.88. The third kappa shape index (κ3) is 4.21. The van der Waals surface area contributed by atoms with Crippen LogP contribution in [0.2, 0.25) is 0 Å². The summed E-state index contributed by atoms with van der Waals surface area (Å²) in [6, 6.07) is 16.2. The van der Waals surface area contributed by atoms with E-state index in [1.54, 1.807) is 34.9 Å². The summed E-state index contributed by atoms with van der Waals surface area (Å²) in [6.07, 6.45) is 3.29. The average Bonchev–Trinajstić information content (AvgIpc) is 3.37. The van der Waals surface area contributed by atoms with Crippen molar-refractivity contribution < 1.29 is 13.9 Å². The van der Waals surface area contributed by atoms with Gasteiger partial charge in [0.2, 0.25) is 5.16 Å². The first-order valence-electron chi connectivity index (χ1n) is 8.89. The molecule has 0 unspecified atom stereocenters. The molecule has 0 spiro atoms. The number of thioether (sulfide) groups is 1. The Balaban J connectivity index is 1.34. The first kappa shape index (κ1) is 18.2. The molecule has 1 fully saturated rings. The lowest BCUT2D eigenvalue weighted by atomic mass is 10.0. The summed E-state index contributed by atoms with van der Waals surface area (Å²) in [5, 5.41) is 5.24. The van der Waals surface area contributed by atoms with Gasteiger partial charge in [0, 0.05) is 17.7 Å². The molecule has 0 atom stereocenters. The van der Waals surface area contributed by atoms with E-state index in [0.29, 0.717) is 19.6 Å². The molecule has 0 amide bonds. The van der Waals surface area contributed by atoms with E-state index in [2.05, 4.69) is 10.1 Å². The van der Waals surface area contributed by atoms with Crippen molar-refractivity contribution in [1.29, 1.82) is 0 Å². The standard InChI is InChI=1S/C20H20FN3O2S/c21-17-9-7-16(8-10-17)20(25-12-13-26-20)11-4-14-27-19-22-15-24(23-19)18-5-2-1-3-6-18/h1-3,5-10,15H,4,11-14H2. The van der Waals surface area contributed by atoms with Crippen LogP contribution in [0, 0.1) is 5.82 Å². The highest BCUT2D eigenvalue weighted by molar-refractivity contribution is 7.99. The van der Waals surface area contributed by atoms with Gasteiger partial charge in [-0.3, -0.25) is 0 Å². The van der Waals surface area contributed by atoms with E-state index in [1.165, 1.54) is 12.1 Å². The van der Waals surface area contributed by atoms with Crippen molar-refractivity contribution in [2.75, 3.05) is 19.0 Å². The van der Waals surface area contributed by atoms with E-state index in [-0.39, 0.29) is 5.82 Å². The highest BCUT2D eigenvalue weighted by Crippen LogP contribution is 2.36. The minimum absolute atomic E-state index is 0.262. The Bertz CT molecular complexity index is 864. The molecule has 1 saturated heterocycles. The smallest absolute Gasteiger partial charge is 0.208 e. The summed E-state index contributed by atoms with van der Waals surface area (Å²) in [7, 11) is 0. The van der Waals surface area contributed by atoms with Crippen LogP contribution in [0.25, 0.3) is 5.69 Å². The van der Waals surface area contributed by atoms with Crippen LogP contribution in [0.1, 0.15) is 18.4 Å². The number of rotatable bonds is 7. The zero-order valence-electron chi connectivity index (χ0n) is 14.8. The van der Waals surface area contributed by atoms with Gasteiger partial charge in [-0.25, -0.2) is 14.1 Å². The molecule has 1 aromatic heterocycles. The summed E-state index contributed by atoms with van der Waals surface area (Å²) in [6.45, 7) is 1.10. The number of hydrogen-bond acceptors (Lipinski definition) is 5. The molecule has 7 heteroatoms. The molecule has 0 aliphatic carbocycles. The van der Waals surface area contributed by atoms with Crippen LogP contribution >= 0.6 is 11.8 Å². The van der Waals surface area contributed by atoms with E-state index >= 15 is 0 Å². The van der Waals surface area contributed by atoms with Crippen LogP contribution in [0.15, 0.2) is 66.1 Å². The second kappa shape index (κ2) is 8.21. The lowest BCUT2D eigenvalue weighted by Crippen LogP contribution is -2.27. The molecule has 0 radical (unpaired) electrons. The molecule has 0 bridgehead atoms. The topological polar surface area (TPSA) is 49.2 Å². The lowest BCUT2D eigenvalue weighted by Gasteiger charge is -2.27. The third-order valence-electron chi connectivity index (χ3n) is 4.41. The van der Waals surface area contributed by atoms with Crippen molar-refractivity contribution >= 4 is 11.8 Å². The Hall–Kier alpha value is -2.22. The fourth-order valence-corrected chi connectivity index (χ4v) is 3.84. The largest absolute Gasteiger partial charge is 0.343 e. The number of benzene rings is 2. The van der Waals surface area contributed by atoms with Crippen molar-refractivity contribution in [3.05, 3.63) is 72.3 Å². The maximum Gasteiger partial charge on any atom is 0.208 e. The van der Waals surface area contributed by atoms with Crippen molar-refractivity contribution in [3.8, 4) is 5.69 Å². The lowest BCUT2D eigenvalue weighted by molar-refractivity contribution is -0.170. The molecule has 27 heavy (non-hydrogen) atoms. The molecule has 140 valence electrons. The maximum absolute atomic E-state index is 13.2. The third-order valence-corrected chi connectivity index (χ3v) is 5.35. The van der Waals surface area contributed by atoms with Crippen molar-refractivity contribution in [2.24, 2.45) is 0 Å². The molecule has 3 aromatic rings. The quantitative estimate of drug-likeness (QED) is 0.451. The number of para-hydroxylation sites is 1. The predicted octanol–water partition coefficient (Wildman–Crippen LogP) is 4.18. The van der Waals surface area contributed by atoms with Crippen LogP contribution in [-0.4, -0.2) is 33.7 Å². The van der Waals surface area contributed by atoms with Crippen LogP contribution in [-0.2, 0) is 15.3 Å². The maximum atomic E-state index is 13.2. The van der Waals surface area contributed by atoms with E-state index in [9.17, 15) is 4.39 Å². The Morgan fingerprint density at radius 1 is 1.04 bits per heavy atom. The molecule has 1 aliphatic rings. The van der Waals surface area contributed by atoms with Gasteiger partial charge >= 0.3 is 0 Å². The van der Waals surface area contributed by atoms with Gasteiger partial charge in [-0.05, 0) is 30.7 Å². The number of hydrogen-bond donors (Lipinski definition) is 0. The van der Waals surface area contributed by atoms with Gasteiger partial charge in [0.25, 0.3) is 0 Å². The fraction of sp³-hybridized carbons (Fsp3) is 0.300. The van der Waals surface area contributed by atoms with Crippen LogP contribution in [0.5, 0.6) is 0 Å². The van der Waals surface area contributed by atoms with Crippen LogP contribution in [0.3, 0.4) is 0 Å². The highest BCUT2D eigenvalue weighted by Gasteiger charge is 2.37. The van der Waals surface area contributed by atoms with Gasteiger partial charge in [-0.15, -0.1) is 5.10 Å². The van der Waals surface area contributed by atoms with Crippen LogP contribution < -0.4 is 0 Å². The number of ether oxygens (including phenoxy) is 2. The average molecular weight is 385 g/mol. The van der Waals surface area contributed by atoms with Gasteiger partial charge in [0.05, 0.1) is 18.9 Å². The van der Waals surface area contributed by atoms with Gasteiger partial charge in [0.15, 0.2) is 5.79 Å². The minimum Gasteiger partial charge on any atom is -0.343 e. The number of aromatic nitrogens is 3. The number of nitrogens with zero attached hydrogens (tertiary/aromatic N) is 3. The molecule has 0 saturated carbocycles. The van der Waals surface area contributed by atoms with Crippen molar-refractivity contribution in [1.82, 2.24) is 14.8 Å². The normalized spacial score (nSPS) is 15.9. The van der Waals surface area contributed by atoms with Crippen molar-refractivity contribution in [3.63, 3.8) is 0 Å². The molecular weight excluding hydrogens is 365 g/mol. The van der Waals surface area contributed by atoms with Crippen LogP contribution in [0.4, 0.5) is 4.39 Å². The zero-order valence-corrected chi connectivity index (χ0v) is 15.6. The summed E-state index contributed by atoms with van der Waals surface area (Å²) >= 11 is 1.60.